The molecule has 1 aliphatic rings. The molecule has 0 saturated heterocycles. The molecule has 0 aromatic carbocycles. The van der Waals surface area contributed by atoms with Crippen LogP contribution in [0.15, 0.2) is 40.4 Å². The summed E-state index contributed by atoms with van der Waals surface area (Å²) in [4.78, 5) is 25.6. The molecule has 0 bridgehead atoms. The smallest absolute Gasteiger partial charge is 0.339 e. The summed E-state index contributed by atoms with van der Waals surface area (Å²) in [6.45, 7) is 4.25. The van der Waals surface area contributed by atoms with Crippen molar-refractivity contribution in [3.8, 4) is 5.88 Å². The Labute approximate surface area is 168 Å². The molecular weight excluding hydrogens is 382 g/mol. The maximum atomic E-state index is 11.8. The quantitative estimate of drug-likeness (QED) is 0.166. The van der Waals surface area contributed by atoms with Crippen LogP contribution in [-0.2, 0) is 14.4 Å². The summed E-state index contributed by atoms with van der Waals surface area (Å²) in [5.74, 6) is -0.100. The molecule has 9 heteroatoms. The van der Waals surface area contributed by atoms with Crippen molar-refractivity contribution < 1.29 is 24.2 Å². The van der Waals surface area contributed by atoms with Gasteiger partial charge >= 0.3 is 5.97 Å². The molecule has 0 saturated carbocycles. The molecule has 8 nitrogen and oxygen atoms in total. The zero-order chi connectivity index (χ0) is 20.5. The van der Waals surface area contributed by atoms with Gasteiger partial charge in [0.2, 0.25) is 5.88 Å². The molecule has 150 valence electrons. The summed E-state index contributed by atoms with van der Waals surface area (Å²) in [6, 6.07) is 0. The predicted octanol–water partition coefficient (Wildman–Crippen LogP) is 3.58. The fourth-order valence-corrected chi connectivity index (χ4v) is 2.96. The number of methoxy groups -OCH3 is 1. The van der Waals surface area contributed by atoms with Gasteiger partial charge in [-0.15, -0.1) is 11.8 Å². The summed E-state index contributed by atoms with van der Waals surface area (Å²) in [5, 5.41) is 14.2. The third-order valence-electron chi connectivity index (χ3n) is 3.49. The topological polar surface area (TPSA) is 103 Å². The van der Waals surface area contributed by atoms with Crippen LogP contribution in [0.5, 0.6) is 5.88 Å². The van der Waals surface area contributed by atoms with E-state index in [9.17, 15) is 9.90 Å². The number of thioether (sulfide) groups is 1. The Morgan fingerprint density at radius 3 is 2.86 bits per heavy atom. The normalized spacial score (nSPS) is 15.4. The lowest BCUT2D eigenvalue weighted by Gasteiger charge is -2.16. The minimum atomic E-state index is -1.17. The maximum absolute atomic E-state index is 11.8. The van der Waals surface area contributed by atoms with Crippen molar-refractivity contribution in [1.29, 1.82) is 0 Å². The van der Waals surface area contributed by atoms with Crippen LogP contribution >= 0.6 is 11.8 Å². The predicted molar refractivity (Wildman–Crippen MR) is 107 cm³/mol. The van der Waals surface area contributed by atoms with Gasteiger partial charge in [0, 0.05) is 12.5 Å². The Balaban J connectivity index is 2.46. The number of carboxylic acid groups (broad SMARTS) is 1. The fourth-order valence-electron chi connectivity index (χ4n) is 2.33. The van der Waals surface area contributed by atoms with E-state index in [0.29, 0.717) is 35.3 Å². The lowest BCUT2D eigenvalue weighted by molar-refractivity contribution is -0.130. The van der Waals surface area contributed by atoms with Gasteiger partial charge in [-0.3, -0.25) is 0 Å². The maximum Gasteiger partial charge on any atom is 0.339 e. The lowest BCUT2D eigenvalue weighted by Crippen LogP contribution is -2.11. The van der Waals surface area contributed by atoms with E-state index in [1.165, 1.54) is 18.9 Å². The molecule has 1 N–H and O–H groups in total. The van der Waals surface area contributed by atoms with Crippen LogP contribution in [0, 0.1) is 6.92 Å². The molecular formula is C19H23N3O5S. The molecule has 2 rings (SSSR count). The number of hydrogen-bond donors (Lipinski definition) is 1. The third kappa shape index (κ3) is 5.59. The summed E-state index contributed by atoms with van der Waals surface area (Å²) in [7, 11) is 1.38. The van der Waals surface area contributed by atoms with Crippen molar-refractivity contribution in [3.63, 3.8) is 0 Å². The van der Waals surface area contributed by atoms with Crippen LogP contribution in [0.3, 0.4) is 0 Å². The second kappa shape index (κ2) is 10.5. The lowest BCUT2D eigenvalue weighted by atomic mass is 10.1. The second-order valence-corrected chi connectivity index (χ2v) is 6.50. The Kier molecular flexibility index (Phi) is 8.06. The highest BCUT2D eigenvalue weighted by molar-refractivity contribution is 7.98. The van der Waals surface area contributed by atoms with Crippen LogP contribution in [-0.4, -0.2) is 46.7 Å². The first-order chi connectivity index (χ1) is 13.5. The minimum Gasteiger partial charge on any atom is -0.503 e. The summed E-state index contributed by atoms with van der Waals surface area (Å²) in [6.07, 6.45) is 9.82. The number of carboxylic acids is 1. The molecule has 1 aromatic heterocycles. The fraction of sp³-hybridized carbons (Fsp3) is 0.368. The Morgan fingerprint density at radius 1 is 1.43 bits per heavy atom. The second-order valence-electron chi connectivity index (χ2n) is 5.70. The van der Waals surface area contributed by atoms with E-state index in [-0.39, 0.29) is 17.0 Å². The first-order valence-electron chi connectivity index (χ1n) is 8.64. The van der Waals surface area contributed by atoms with Crippen LogP contribution in [0.4, 0.5) is 0 Å². The van der Waals surface area contributed by atoms with Crippen molar-refractivity contribution in [3.05, 3.63) is 41.6 Å². The van der Waals surface area contributed by atoms with Gasteiger partial charge in [0.25, 0.3) is 0 Å². The number of rotatable bonds is 9. The van der Waals surface area contributed by atoms with Gasteiger partial charge in [-0.1, -0.05) is 18.2 Å². The Hall–Kier alpha value is -2.81. The molecule has 0 radical (unpaired) electrons. The average molecular weight is 405 g/mol. The third-order valence-corrected chi connectivity index (χ3v) is 4.18. The van der Waals surface area contributed by atoms with Crippen molar-refractivity contribution in [2.24, 2.45) is 5.16 Å². The van der Waals surface area contributed by atoms with Crippen molar-refractivity contribution in [2.75, 3.05) is 20.0 Å². The molecule has 1 aromatic rings. The standard InChI is InChI=1S/C19H23N3O5S/c1-5-9-26-22-13-7-6-8-14(10-13)27-17-16(15(11-25-3)19(23)24)18(28-4)21-12(2)20-17/h6,8,10-11H,5,7,9H2,1-4H3,(H,23,24). The Bertz CT molecular complexity index is 846. The minimum absolute atomic E-state index is 0.0950. The van der Waals surface area contributed by atoms with Crippen LogP contribution in [0.25, 0.3) is 5.57 Å². The van der Waals surface area contributed by atoms with E-state index in [2.05, 4.69) is 15.1 Å². The number of hydrogen-bond acceptors (Lipinski definition) is 8. The average Bonchev–Trinajstić information content (AvgIpc) is 2.66. The molecule has 28 heavy (non-hydrogen) atoms. The van der Waals surface area contributed by atoms with Crippen LogP contribution in [0.2, 0.25) is 0 Å². The Morgan fingerprint density at radius 2 is 2.21 bits per heavy atom. The molecule has 1 heterocycles. The number of allylic oxidation sites excluding steroid dienone is 3. The van der Waals surface area contributed by atoms with Crippen molar-refractivity contribution in [2.45, 2.75) is 31.7 Å². The largest absolute Gasteiger partial charge is 0.503 e. The van der Waals surface area contributed by atoms with Gasteiger partial charge in [0.15, 0.2) is 0 Å². The van der Waals surface area contributed by atoms with Gasteiger partial charge in [-0.2, -0.15) is 4.98 Å². The number of carbonyl (C=O) groups is 1. The van der Waals surface area contributed by atoms with E-state index in [1.807, 2.05) is 13.0 Å². The SMILES string of the molecule is CCCON=C1C=C(Oc2nc(C)nc(SC)c2C(=COC)C(=O)O)C=CC1. The number of ether oxygens (including phenoxy) is 2. The zero-order valence-electron chi connectivity index (χ0n) is 16.3. The van der Waals surface area contributed by atoms with E-state index in [1.54, 1.807) is 25.3 Å². The number of oxime groups is 1. The number of nitrogens with zero attached hydrogens (tertiary/aromatic N) is 3. The number of aryl methyl sites for hydroxylation is 1. The molecule has 1 aliphatic carbocycles. The van der Waals surface area contributed by atoms with Crippen molar-refractivity contribution >= 4 is 29.0 Å². The molecule has 0 atom stereocenters. The van der Waals surface area contributed by atoms with E-state index < -0.39 is 5.97 Å². The summed E-state index contributed by atoms with van der Waals surface area (Å²) in [5.41, 5.74) is 0.865. The van der Waals surface area contributed by atoms with Gasteiger partial charge in [0.05, 0.1) is 24.6 Å². The molecule has 0 spiro atoms. The highest BCUT2D eigenvalue weighted by Crippen LogP contribution is 2.34. The molecule has 0 amide bonds. The monoisotopic (exact) mass is 405 g/mol. The zero-order valence-corrected chi connectivity index (χ0v) is 17.1. The van der Waals surface area contributed by atoms with E-state index in [0.717, 1.165) is 12.7 Å². The summed E-state index contributed by atoms with van der Waals surface area (Å²) < 4.78 is 10.9. The molecule has 0 unspecified atom stereocenters. The highest BCUT2D eigenvalue weighted by Gasteiger charge is 2.24. The first-order valence-corrected chi connectivity index (χ1v) is 9.86. The van der Waals surface area contributed by atoms with Gasteiger partial charge in [0.1, 0.15) is 28.8 Å². The summed E-state index contributed by atoms with van der Waals surface area (Å²) >= 11 is 1.30. The first kappa shape index (κ1) is 21.5. The van der Waals surface area contributed by atoms with E-state index >= 15 is 0 Å². The number of aromatic nitrogens is 2. The highest BCUT2D eigenvalue weighted by atomic mass is 32.2. The van der Waals surface area contributed by atoms with Crippen LogP contribution < -0.4 is 4.74 Å². The molecule has 0 fully saturated rings. The molecule has 0 aliphatic heterocycles. The van der Waals surface area contributed by atoms with Crippen LogP contribution in [0.1, 0.15) is 31.2 Å². The van der Waals surface area contributed by atoms with Gasteiger partial charge in [-0.25, -0.2) is 9.78 Å². The van der Waals surface area contributed by atoms with Gasteiger partial charge < -0.3 is 19.4 Å². The van der Waals surface area contributed by atoms with Crippen molar-refractivity contribution in [1.82, 2.24) is 9.97 Å². The van der Waals surface area contributed by atoms with Gasteiger partial charge in [-0.05, 0) is 25.7 Å². The number of aliphatic carboxylic acids is 1. The van der Waals surface area contributed by atoms with E-state index in [4.69, 9.17) is 14.3 Å².